The third kappa shape index (κ3) is 1.99. The molecule has 0 aromatic rings. The Morgan fingerprint density at radius 1 is 1.78 bits per heavy atom. The molecule has 0 aromatic heterocycles. The summed E-state index contributed by atoms with van der Waals surface area (Å²) in [4.78, 5) is 0. The summed E-state index contributed by atoms with van der Waals surface area (Å²) in [6.45, 7) is -0.355. The molecule has 0 saturated carbocycles. The predicted molar refractivity (Wildman–Crippen MR) is 39.9 cm³/mol. The van der Waals surface area contributed by atoms with Crippen LogP contribution < -0.4 is 5.09 Å². The van der Waals surface area contributed by atoms with Crippen molar-refractivity contribution in [3.8, 4) is 0 Å². The smallest absolute Gasteiger partial charge is 0.260 e. The lowest BCUT2D eigenvalue weighted by molar-refractivity contribution is 0.248. The zero-order chi connectivity index (χ0) is 6.74. The van der Waals surface area contributed by atoms with Gasteiger partial charge in [-0.2, -0.15) is 0 Å². The van der Waals surface area contributed by atoms with Crippen LogP contribution in [0.1, 0.15) is 6.42 Å². The lowest BCUT2D eigenvalue weighted by Crippen LogP contribution is -2.21. The summed E-state index contributed by atoms with van der Waals surface area (Å²) < 4.78 is 10.2. The quantitative estimate of drug-likeness (QED) is 0.587. The molecule has 1 rings (SSSR count). The zero-order valence-corrected chi connectivity index (χ0v) is 7.00. The summed E-state index contributed by atoms with van der Waals surface area (Å²) in [6, 6.07) is 0. The average molecular weight is 167 g/mol. The van der Waals surface area contributed by atoms with Crippen molar-refractivity contribution in [2.45, 2.75) is 6.42 Å². The van der Waals surface area contributed by atoms with Gasteiger partial charge in [0.1, 0.15) is 0 Å². The highest BCUT2D eigenvalue weighted by Gasteiger charge is 2.19. The van der Waals surface area contributed by atoms with Crippen molar-refractivity contribution in [2.24, 2.45) is 0 Å². The highest BCUT2D eigenvalue weighted by molar-refractivity contribution is 8.08. The minimum Gasteiger partial charge on any atom is -0.321 e. The van der Waals surface area contributed by atoms with Crippen LogP contribution in [-0.2, 0) is 20.9 Å². The molecule has 0 bridgehead atoms. The van der Waals surface area contributed by atoms with Crippen molar-refractivity contribution < 1.29 is 9.05 Å². The Labute approximate surface area is 60.0 Å². The molecule has 0 spiro atoms. The van der Waals surface area contributed by atoms with Crippen LogP contribution in [-0.4, -0.2) is 20.3 Å². The van der Waals surface area contributed by atoms with Gasteiger partial charge in [-0.1, -0.05) is 0 Å². The highest BCUT2D eigenvalue weighted by Crippen LogP contribution is 2.44. The van der Waals surface area contributed by atoms with Crippen LogP contribution in [0.4, 0.5) is 0 Å². The first-order chi connectivity index (χ1) is 4.27. The van der Waals surface area contributed by atoms with E-state index in [0.29, 0.717) is 0 Å². The largest absolute Gasteiger partial charge is 0.321 e. The Bertz CT molecular complexity index is 131. The van der Waals surface area contributed by atoms with Gasteiger partial charge in [0.2, 0.25) is 0 Å². The van der Waals surface area contributed by atoms with Gasteiger partial charge in [0.05, 0.1) is 6.61 Å². The molecule has 0 amide bonds. The van der Waals surface area contributed by atoms with Crippen molar-refractivity contribution in [3.05, 3.63) is 0 Å². The molecule has 54 valence electrons. The van der Waals surface area contributed by atoms with E-state index in [0.717, 1.165) is 19.6 Å². The van der Waals surface area contributed by atoms with Gasteiger partial charge >= 0.3 is 0 Å². The van der Waals surface area contributed by atoms with Gasteiger partial charge in [0, 0.05) is 13.7 Å². The maximum Gasteiger partial charge on any atom is 0.260 e. The average Bonchev–Trinajstić information content (AvgIpc) is 1.90. The summed E-state index contributed by atoms with van der Waals surface area (Å²) in [6.07, 6.45) is 1.03. The van der Waals surface area contributed by atoms with Gasteiger partial charge in [-0.3, -0.25) is 0 Å². The molecule has 0 aromatic carbocycles. The molecule has 9 heavy (non-hydrogen) atoms. The van der Waals surface area contributed by atoms with Gasteiger partial charge in [0.25, 0.3) is 6.64 Å². The maximum atomic E-state index is 5.21. The predicted octanol–water partition coefficient (Wildman–Crippen LogP) is 0.867. The first kappa shape index (κ1) is 7.63. The molecule has 1 unspecified atom stereocenters. The van der Waals surface area contributed by atoms with E-state index in [1.165, 1.54) is 0 Å². The SMILES string of the molecule is COP1(=S)NCCCO1. The molecular weight excluding hydrogens is 157 g/mol. The molecule has 1 N–H and O–H groups in total. The fraction of sp³-hybridized carbons (Fsp3) is 1.00. The number of nitrogens with one attached hydrogen (secondary N) is 1. The van der Waals surface area contributed by atoms with Crippen molar-refractivity contribution in [1.29, 1.82) is 0 Å². The van der Waals surface area contributed by atoms with Crippen molar-refractivity contribution in [1.82, 2.24) is 5.09 Å². The van der Waals surface area contributed by atoms with Crippen LogP contribution >= 0.6 is 6.64 Å². The fourth-order valence-corrected chi connectivity index (χ4v) is 2.26. The molecule has 1 aliphatic rings. The third-order valence-electron chi connectivity index (χ3n) is 1.13. The van der Waals surface area contributed by atoms with Crippen LogP contribution in [0.3, 0.4) is 0 Å². The van der Waals surface area contributed by atoms with E-state index in [1.54, 1.807) is 7.11 Å². The molecule has 1 saturated heterocycles. The Morgan fingerprint density at radius 2 is 2.56 bits per heavy atom. The number of hydrogen-bond acceptors (Lipinski definition) is 3. The Kier molecular flexibility index (Phi) is 2.61. The van der Waals surface area contributed by atoms with E-state index in [1.807, 2.05) is 0 Å². The summed E-state index contributed by atoms with van der Waals surface area (Å²) in [5, 5.41) is 3.03. The summed E-state index contributed by atoms with van der Waals surface area (Å²) in [5.74, 6) is 0. The first-order valence-corrected chi connectivity index (χ1v) is 5.46. The minimum atomic E-state index is -2.01. The van der Waals surface area contributed by atoms with Gasteiger partial charge in [-0.25, -0.2) is 5.09 Å². The van der Waals surface area contributed by atoms with Crippen LogP contribution in [0.25, 0.3) is 0 Å². The third-order valence-corrected chi connectivity index (χ3v) is 3.89. The van der Waals surface area contributed by atoms with Crippen molar-refractivity contribution in [2.75, 3.05) is 20.3 Å². The van der Waals surface area contributed by atoms with Crippen LogP contribution in [0.5, 0.6) is 0 Å². The van der Waals surface area contributed by atoms with Gasteiger partial charge < -0.3 is 9.05 Å². The molecular formula is C4H10NO2PS. The normalized spacial score (nSPS) is 36.6. The molecule has 1 atom stereocenters. The molecule has 3 nitrogen and oxygen atoms in total. The van der Waals surface area contributed by atoms with Gasteiger partial charge in [0.15, 0.2) is 0 Å². The van der Waals surface area contributed by atoms with Crippen LogP contribution in [0.2, 0.25) is 0 Å². The van der Waals surface area contributed by atoms with E-state index < -0.39 is 6.64 Å². The van der Waals surface area contributed by atoms with E-state index in [4.69, 9.17) is 20.9 Å². The van der Waals surface area contributed by atoms with Gasteiger partial charge in [-0.15, -0.1) is 0 Å². The molecule has 0 radical (unpaired) electrons. The lowest BCUT2D eigenvalue weighted by Gasteiger charge is -2.25. The fourth-order valence-electron chi connectivity index (χ4n) is 0.636. The highest BCUT2D eigenvalue weighted by atomic mass is 32.5. The molecule has 1 fully saturated rings. The van der Waals surface area contributed by atoms with E-state index in [-0.39, 0.29) is 0 Å². The first-order valence-electron chi connectivity index (χ1n) is 2.82. The Balaban J connectivity index is 2.47. The summed E-state index contributed by atoms with van der Waals surface area (Å²) >= 11 is 5.01. The lowest BCUT2D eigenvalue weighted by atomic mass is 10.5. The topological polar surface area (TPSA) is 30.5 Å². The maximum absolute atomic E-state index is 5.21. The van der Waals surface area contributed by atoms with Crippen LogP contribution in [0.15, 0.2) is 0 Å². The monoisotopic (exact) mass is 167 g/mol. The Hall–Kier alpha value is 0.530. The second kappa shape index (κ2) is 3.08. The van der Waals surface area contributed by atoms with Crippen molar-refractivity contribution >= 4 is 18.4 Å². The summed E-state index contributed by atoms with van der Waals surface area (Å²) in [5.41, 5.74) is 0. The van der Waals surface area contributed by atoms with Crippen molar-refractivity contribution in [3.63, 3.8) is 0 Å². The minimum absolute atomic E-state index is 0.734. The standard InChI is InChI=1S/C4H10NO2PS/c1-6-8(9)5-3-2-4-7-8/h2-4H2,1H3,(H,5,9). The number of rotatable bonds is 1. The molecule has 1 aliphatic heterocycles. The molecule has 0 aliphatic carbocycles. The summed E-state index contributed by atoms with van der Waals surface area (Å²) in [7, 11) is 1.58. The second-order valence-corrected chi connectivity index (χ2v) is 5.15. The van der Waals surface area contributed by atoms with E-state index in [9.17, 15) is 0 Å². The Morgan fingerprint density at radius 3 is 2.89 bits per heavy atom. The molecule has 5 heteroatoms. The van der Waals surface area contributed by atoms with E-state index in [2.05, 4.69) is 5.09 Å². The second-order valence-electron chi connectivity index (χ2n) is 1.77. The number of hydrogen-bond donors (Lipinski definition) is 1. The van der Waals surface area contributed by atoms with Crippen LogP contribution in [0, 0.1) is 0 Å². The molecule has 1 heterocycles. The van der Waals surface area contributed by atoms with Gasteiger partial charge in [-0.05, 0) is 18.2 Å². The zero-order valence-electron chi connectivity index (χ0n) is 5.29. The van der Waals surface area contributed by atoms with E-state index >= 15 is 0 Å².